The van der Waals surface area contributed by atoms with Crippen LogP contribution in [0.2, 0.25) is 10.0 Å². The van der Waals surface area contributed by atoms with E-state index in [1.807, 2.05) is 31.3 Å². The molecule has 1 aliphatic heterocycles. The van der Waals surface area contributed by atoms with Crippen LogP contribution >= 0.6 is 23.2 Å². The lowest BCUT2D eigenvalue weighted by molar-refractivity contribution is 0.0932. The molecule has 9 heteroatoms. The lowest BCUT2D eigenvalue weighted by atomic mass is 10.1. The highest BCUT2D eigenvalue weighted by Crippen LogP contribution is 2.37. The predicted molar refractivity (Wildman–Crippen MR) is 117 cm³/mol. The van der Waals surface area contributed by atoms with Crippen molar-refractivity contribution in [2.45, 2.75) is 6.92 Å². The summed E-state index contributed by atoms with van der Waals surface area (Å²) in [4.78, 5) is 26.2. The maximum Gasteiger partial charge on any atom is 0.268 e. The summed E-state index contributed by atoms with van der Waals surface area (Å²) >= 11 is 12.5. The molecular formula is C21H15Cl2N5O2. The van der Waals surface area contributed by atoms with Crippen molar-refractivity contribution in [2.75, 3.05) is 16.9 Å². The normalized spacial score (nSPS) is 13.3. The molecule has 7 nitrogen and oxygen atoms in total. The first-order valence-corrected chi connectivity index (χ1v) is 9.87. The Morgan fingerprint density at radius 1 is 1.20 bits per heavy atom. The van der Waals surface area contributed by atoms with Gasteiger partial charge in [-0.3, -0.25) is 9.69 Å². The minimum atomic E-state index is -0.331. The van der Waals surface area contributed by atoms with E-state index in [1.54, 1.807) is 18.2 Å². The van der Waals surface area contributed by atoms with Crippen LogP contribution in [0.5, 0.6) is 5.88 Å². The van der Waals surface area contributed by atoms with Crippen molar-refractivity contribution in [2.24, 2.45) is 0 Å². The highest BCUT2D eigenvalue weighted by molar-refractivity contribution is 6.40. The van der Waals surface area contributed by atoms with Gasteiger partial charge in [0.05, 0.1) is 15.7 Å². The average Bonchev–Trinajstić information content (AvgIpc) is 3.19. The van der Waals surface area contributed by atoms with Crippen molar-refractivity contribution in [3.8, 4) is 5.88 Å². The van der Waals surface area contributed by atoms with Gasteiger partial charge in [-0.15, -0.1) is 0 Å². The van der Waals surface area contributed by atoms with Crippen molar-refractivity contribution < 1.29 is 9.53 Å². The molecule has 150 valence electrons. The number of fused-ring (bicyclic) bond motifs is 2. The number of hydrogen-bond donors (Lipinski definition) is 2. The van der Waals surface area contributed by atoms with Crippen molar-refractivity contribution in [1.82, 2.24) is 15.0 Å². The molecule has 2 N–H and O–H groups in total. The number of aromatic nitrogens is 3. The van der Waals surface area contributed by atoms with Gasteiger partial charge in [0, 0.05) is 29.0 Å². The molecule has 0 saturated carbocycles. The third kappa shape index (κ3) is 3.12. The number of carbonyl (C=O) groups excluding carboxylic acids is 1. The number of halogens is 2. The first-order valence-electron chi connectivity index (χ1n) is 9.12. The van der Waals surface area contributed by atoms with Gasteiger partial charge in [-0.2, -0.15) is 4.98 Å². The van der Waals surface area contributed by atoms with E-state index in [0.717, 1.165) is 22.2 Å². The largest absolute Gasteiger partial charge is 0.455 e. The van der Waals surface area contributed by atoms with Crippen LogP contribution in [-0.4, -0.2) is 27.6 Å². The quantitative estimate of drug-likeness (QED) is 0.451. The summed E-state index contributed by atoms with van der Waals surface area (Å²) in [6.07, 6.45) is 3.33. The fraction of sp³-hybridized carbons (Fsp3) is 0.0952. The SMILES string of the molecule is Cc1cc(Nc2ncc3c(n2)OCN(c2c(Cl)cccc2Cl)C3=O)cc2cc[nH]c12. The Morgan fingerprint density at radius 3 is 2.80 bits per heavy atom. The van der Waals surface area contributed by atoms with Crippen LogP contribution in [0.4, 0.5) is 17.3 Å². The highest BCUT2D eigenvalue weighted by atomic mass is 35.5. The Hall–Kier alpha value is -3.29. The zero-order valence-corrected chi connectivity index (χ0v) is 17.3. The Bertz CT molecular complexity index is 1280. The van der Waals surface area contributed by atoms with E-state index in [1.165, 1.54) is 11.1 Å². The molecule has 0 unspecified atom stereocenters. The van der Waals surface area contributed by atoms with Crippen LogP contribution in [0, 0.1) is 6.92 Å². The molecule has 0 fully saturated rings. The number of aryl methyl sites for hydroxylation is 1. The summed E-state index contributed by atoms with van der Waals surface area (Å²) < 4.78 is 5.72. The molecule has 0 atom stereocenters. The number of anilines is 3. The molecule has 30 heavy (non-hydrogen) atoms. The molecule has 2 aromatic heterocycles. The topological polar surface area (TPSA) is 83.1 Å². The number of amides is 1. The number of ether oxygens (including phenoxy) is 1. The zero-order valence-electron chi connectivity index (χ0n) is 15.7. The molecule has 0 aliphatic carbocycles. The van der Waals surface area contributed by atoms with E-state index >= 15 is 0 Å². The van der Waals surface area contributed by atoms with Crippen LogP contribution in [0.25, 0.3) is 10.9 Å². The maximum atomic E-state index is 13.0. The van der Waals surface area contributed by atoms with Crippen LogP contribution < -0.4 is 15.0 Å². The third-order valence-electron chi connectivity index (χ3n) is 4.88. The van der Waals surface area contributed by atoms with Crippen LogP contribution in [-0.2, 0) is 0 Å². The van der Waals surface area contributed by atoms with Crippen molar-refractivity contribution in [3.05, 3.63) is 70.0 Å². The van der Waals surface area contributed by atoms with E-state index in [9.17, 15) is 4.79 Å². The second-order valence-electron chi connectivity index (χ2n) is 6.85. The van der Waals surface area contributed by atoms with E-state index < -0.39 is 0 Å². The van der Waals surface area contributed by atoms with Gasteiger partial charge < -0.3 is 15.0 Å². The number of aromatic amines is 1. The maximum absolute atomic E-state index is 13.0. The van der Waals surface area contributed by atoms with Crippen molar-refractivity contribution >= 4 is 57.3 Å². The first-order chi connectivity index (χ1) is 14.5. The molecule has 0 spiro atoms. The second kappa shape index (κ2) is 7.19. The fourth-order valence-electron chi connectivity index (χ4n) is 3.48. The van der Waals surface area contributed by atoms with Crippen molar-refractivity contribution in [1.29, 1.82) is 0 Å². The zero-order chi connectivity index (χ0) is 20.8. The first kappa shape index (κ1) is 18.7. The Balaban J connectivity index is 1.44. The van der Waals surface area contributed by atoms with Gasteiger partial charge in [-0.05, 0) is 42.8 Å². The number of carbonyl (C=O) groups is 1. The van der Waals surface area contributed by atoms with Crippen LogP contribution in [0.3, 0.4) is 0 Å². The lowest BCUT2D eigenvalue weighted by Gasteiger charge is -2.29. The Morgan fingerprint density at radius 2 is 2.00 bits per heavy atom. The Labute approximate surface area is 181 Å². The summed E-state index contributed by atoms with van der Waals surface area (Å²) in [6.45, 7) is 1.97. The smallest absolute Gasteiger partial charge is 0.268 e. The Kier molecular flexibility index (Phi) is 4.49. The van der Waals surface area contributed by atoms with Gasteiger partial charge >= 0.3 is 0 Å². The molecule has 1 aliphatic rings. The van der Waals surface area contributed by atoms with Crippen LogP contribution in [0.15, 0.2) is 48.8 Å². The predicted octanol–water partition coefficient (Wildman–Crippen LogP) is 5.31. The minimum Gasteiger partial charge on any atom is -0.455 e. The van der Waals surface area contributed by atoms with E-state index in [-0.39, 0.29) is 24.1 Å². The molecule has 0 saturated heterocycles. The van der Waals surface area contributed by atoms with E-state index in [0.29, 0.717) is 21.7 Å². The van der Waals surface area contributed by atoms with E-state index in [4.69, 9.17) is 27.9 Å². The summed E-state index contributed by atoms with van der Waals surface area (Å²) in [6, 6.07) is 11.0. The standard InChI is InChI=1S/C21H15Cl2N5O2/c1-11-7-13(8-12-5-6-24-17(11)12)26-21-25-9-14-19(27-21)30-10-28(20(14)29)18-15(22)3-2-4-16(18)23/h2-9,24H,10H2,1H3,(H,25,26,27). The number of H-pyrrole nitrogens is 1. The summed E-state index contributed by atoms with van der Waals surface area (Å²) in [7, 11) is 0. The average molecular weight is 440 g/mol. The van der Waals surface area contributed by atoms with Gasteiger partial charge in [0.1, 0.15) is 5.56 Å². The molecule has 4 aromatic rings. The number of nitrogens with zero attached hydrogens (tertiary/aromatic N) is 3. The molecule has 0 radical (unpaired) electrons. The minimum absolute atomic E-state index is 0.0554. The molecule has 5 rings (SSSR count). The molecule has 2 aromatic carbocycles. The van der Waals surface area contributed by atoms with Gasteiger partial charge in [-0.25, -0.2) is 4.98 Å². The van der Waals surface area contributed by atoms with Gasteiger partial charge in [0.2, 0.25) is 11.8 Å². The number of benzene rings is 2. The summed E-state index contributed by atoms with van der Waals surface area (Å²) in [5.41, 5.74) is 3.65. The number of nitrogens with one attached hydrogen (secondary N) is 2. The number of para-hydroxylation sites is 1. The lowest BCUT2D eigenvalue weighted by Crippen LogP contribution is -2.39. The van der Waals surface area contributed by atoms with Gasteiger partial charge in [0.15, 0.2) is 6.73 Å². The van der Waals surface area contributed by atoms with E-state index in [2.05, 4.69) is 20.3 Å². The van der Waals surface area contributed by atoms with Gasteiger partial charge in [-0.1, -0.05) is 29.3 Å². The van der Waals surface area contributed by atoms with Gasteiger partial charge in [0.25, 0.3) is 5.91 Å². The second-order valence-corrected chi connectivity index (χ2v) is 7.66. The molecule has 3 heterocycles. The fourth-order valence-corrected chi connectivity index (χ4v) is 4.09. The van der Waals surface area contributed by atoms with Crippen LogP contribution in [0.1, 0.15) is 15.9 Å². The number of hydrogen-bond acceptors (Lipinski definition) is 5. The molecule has 0 bridgehead atoms. The molecular weight excluding hydrogens is 425 g/mol. The van der Waals surface area contributed by atoms with Crippen molar-refractivity contribution in [3.63, 3.8) is 0 Å². The monoisotopic (exact) mass is 439 g/mol. The molecule has 1 amide bonds. The summed E-state index contributed by atoms with van der Waals surface area (Å²) in [5.74, 6) is 0.207. The third-order valence-corrected chi connectivity index (χ3v) is 5.49. The number of rotatable bonds is 3. The summed E-state index contributed by atoms with van der Waals surface area (Å²) in [5, 5.41) is 4.97. The highest BCUT2D eigenvalue weighted by Gasteiger charge is 2.31.